The Balaban J connectivity index is 1.84. The number of para-hydroxylation sites is 2. The van der Waals surface area contributed by atoms with Gasteiger partial charge in [0.2, 0.25) is 0 Å². The van der Waals surface area contributed by atoms with Crippen LogP contribution in [-0.4, -0.2) is 20.2 Å². The topological polar surface area (TPSA) is 64.2 Å². The highest BCUT2D eigenvalue weighted by molar-refractivity contribution is 7.17. The number of hydrogen-bond donors (Lipinski definition) is 1. The number of carboxylic acid groups (broad SMARTS) is 1. The molecule has 0 saturated carbocycles. The minimum absolute atomic E-state index is 0.0750. The summed E-state index contributed by atoms with van der Waals surface area (Å²) < 4.78 is 4.46. The summed E-state index contributed by atoms with van der Waals surface area (Å²) in [5, 5.41) is 12.2. The predicted octanol–water partition coefficient (Wildman–Crippen LogP) is 3.54. The number of aliphatic carboxylic acids is 1. The Morgan fingerprint density at radius 1 is 1.00 bits per heavy atom. The highest BCUT2D eigenvalue weighted by atomic mass is 32.1. The fraction of sp³-hybridized carbons (Fsp3) is 0.158. The lowest BCUT2D eigenvalue weighted by Gasteiger charge is -2.05. The lowest BCUT2D eigenvalue weighted by Crippen LogP contribution is -2.25. The highest BCUT2D eigenvalue weighted by Crippen LogP contribution is 2.26. The molecule has 0 unspecified atom stereocenters. The molecule has 0 spiro atoms. The number of carboxylic acids is 1. The number of aryl methyl sites for hydroxylation is 1. The van der Waals surface area contributed by atoms with Crippen LogP contribution in [0.25, 0.3) is 21.1 Å². The van der Waals surface area contributed by atoms with Gasteiger partial charge < -0.3 is 5.11 Å². The molecule has 126 valence electrons. The molecule has 25 heavy (non-hydrogen) atoms. The molecule has 2 heterocycles. The van der Waals surface area contributed by atoms with Crippen molar-refractivity contribution in [1.29, 1.82) is 0 Å². The quantitative estimate of drug-likeness (QED) is 0.597. The van der Waals surface area contributed by atoms with E-state index in [1.165, 1.54) is 10.1 Å². The zero-order chi connectivity index (χ0) is 17.4. The summed E-state index contributed by atoms with van der Waals surface area (Å²) >= 11 is 1.67. The van der Waals surface area contributed by atoms with Crippen molar-refractivity contribution in [2.24, 2.45) is 0 Å². The number of benzene rings is 2. The maximum Gasteiger partial charge on any atom is 0.329 e. The summed E-state index contributed by atoms with van der Waals surface area (Å²) in [5.41, 5.74) is 2.52. The molecule has 0 aliphatic carbocycles. The number of nitrogens with zero attached hydrogens (tertiary/aromatic N) is 2. The first-order valence-corrected chi connectivity index (χ1v) is 8.88. The van der Waals surface area contributed by atoms with Crippen molar-refractivity contribution in [3.05, 3.63) is 70.0 Å². The van der Waals surface area contributed by atoms with Crippen molar-refractivity contribution in [3.8, 4) is 0 Å². The molecule has 0 fully saturated rings. The van der Waals surface area contributed by atoms with Crippen LogP contribution in [0, 0.1) is 0 Å². The van der Waals surface area contributed by atoms with E-state index in [1.54, 1.807) is 20.5 Å². The Morgan fingerprint density at radius 3 is 2.52 bits per heavy atom. The van der Waals surface area contributed by atoms with Gasteiger partial charge in [0.1, 0.15) is 0 Å². The van der Waals surface area contributed by atoms with Gasteiger partial charge in [-0.25, -0.2) is 4.79 Å². The van der Waals surface area contributed by atoms with Crippen molar-refractivity contribution in [1.82, 2.24) is 9.13 Å². The first-order valence-electron chi connectivity index (χ1n) is 8.00. The number of rotatable bonds is 5. The van der Waals surface area contributed by atoms with E-state index in [4.69, 9.17) is 5.11 Å². The average molecular weight is 352 g/mol. The second kappa shape index (κ2) is 6.22. The van der Waals surface area contributed by atoms with Crippen LogP contribution in [0.1, 0.15) is 12.0 Å². The van der Waals surface area contributed by atoms with Gasteiger partial charge in [0.15, 0.2) is 0 Å². The molecule has 2 aromatic heterocycles. The van der Waals surface area contributed by atoms with Gasteiger partial charge in [0, 0.05) is 11.2 Å². The Morgan fingerprint density at radius 2 is 1.76 bits per heavy atom. The molecular weight excluding hydrogens is 336 g/mol. The zero-order valence-electron chi connectivity index (χ0n) is 13.4. The maximum absolute atomic E-state index is 12.9. The molecule has 5 nitrogen and oxygen atoms in total. The van der Waals surface area contributed by atoms with E-state index in [0.29, 0.717) is 6.54 Å². The number of thiophene rings is 1. The van der Waals surface area contributed by atoms with Crippen LogP contribution in [0.15, 0.2) is 58.7 Å². The summed E-state index contributed by atoms with van der Waals surface area (Å²) in [6.07, 6.45) is -0.0750. The van der Waals surface area contributed by atoms with Gasteiger partial charge in [-0.1, -0.05) is 30.3 Å². The second-order valence-corrected chi connectivity index (χ2v) is 6.83. The van der Waals surface area contributed by atoms with E-state index in [9.17, 15) is 9.59 Å². The number of hydrogen-bond acceptors (Lipinski definition) is 3. The van der Waals surface area contributed by atoms with E-state index in [2.05, 4.69) is 12.1 Å². The molecule has 0 bridgehead atoms. The van der Waals surface area contributed by atoms with Gasteiger partial charge in [0.25, 0.3) is 0 Å². The summed E-state index contributed by atoms with van der Waals surface area (Å²) in [7, 11) is 0. The van der Waals surface area contributed by atoms with Crippen molar-refractivity contribution in [2.75, 3.05) is 0 Å². The van der Waals surface area contributed by atoms with E-state index >= 15 is 0 Å². The first-order chi connectivity index (χ1) is 12.1. The SMILES string of the molecule is O=C(O)CCn1c(=O)n(Cc2cccc3ccsc23)c2ccccc21. The Bertz CT molecular complexity index is 1140. The van der Waals surface area contributed by atoms with Gasteiger partial charge in [0.05, 0.1) is 24.0 Å². The van der Waals surface area contributed by atoms with E-state index in [-0.39, 0.29) is 18.7 Å². The summed E-state index contributed by atoms with van der Waals surface area (Å²) in [4.78, 5) is 23.8. The minimum Gasteiger partial charge on any atom is -0.481 e. The third-order valence-electron chi connectivity index (χ3n) is 4.36. The monoisotopic (exact) mass is 352 g/mol. The molecule has 0 saturated heterocycles. The van der Waals surface area contributed by atoms with Gasteiger partial charge in [-0.2, -0.15) is 0 Å². The largest absolute Gasteiger partial charge is 0.481 e. The van der Waals surface area contributed by atoms with Crippen LogP contribution in [-0.2, 0) is 17.9 Å². The van der Waals surface area contributed by atoms with Crippen molar-refractivity contribution in [2.45, 2.75) is 19.5 Å². The minimum atomic E-state index is -0.910. The van der Waals surface area contributed by atoms with Gasteiger partial charge in [-0.05, 0) is 34.5 Å². The fourth-order valence-electron chi connectivity index (χ4n) is 3.20. The molecule has 4 rings (SSSR count). The third-order valence-corrected chi connectivity index (χ3v) is 5.37. The van der Waals surface area contributed by atoms with Crippen molar-refractivity contribution in [3.63, 3.8) is 0 Å². The van der Waals surface area contributed by atoms with Crippen molar-refractivity contribution < 1.29 is 9.90 Å². The standard InChI is InChI=1S/C19H16N2O3S/c22-17(23)8-10-20-15-6-1-2-7-16(15)21(19(20)24)12-14-5-3-4-13-9-11-25-18(13)14/h1-7,9,11H,8,10,12H2,(H,22,23). The molecule has 6 heteroatoms. The van der Waals surface area contributed by atoms with E-state index < -0.39 is 5.97 Å². The molecule has 0 aliphatic heterocycles. The number of fused-ring (bicyclic) bond motifs is 2. The molecule has 4 aromatic rings. The molecule has 0 radical (unpaired) electrons. The van der Waals surface area contributed by atoms with Crippen LogP contribution >= 0.6 is 11.3 Å². The number of imidazole rings is 1. The third kappa shape index (κ3) is 2.74. The summed E-state index contributed by atoms with van der Waals surface area (Å²) in [5.74, 6) is -0.910. The van der Waals surface area contributed by atoms with Crippen molar-refractivity contribution >= 4 is 38.4 Å². The molecule has 0 amide bonds. The molecule has 0 atom stereocenters. The lowest BCUT2D eigenvalue weighted by atomic mass is 10.1. The van der Waals surface area contributed by atoms with Crippen LogP contribution < -0.4 is 5.69 Å². The molecule has 0 aliphatic rings. The highest BCUT2D eigenvalue weighted by Gasteiger charge is 2.15. The van der Waals surface area contributed by atoms with Crippen LogP contribution in [0.3, 0.4) is 0 Å². The van der Waals surface area contributed by atoms with Gasteiger partial charge in [-0.3, -0.25) is 13.9 Å². The first kappa shape index (κ1) is 15.7. The van der Waals surface area contributed by atoms with Crippen LogP contribution in [0.5, 0.6) is 0 Å². The maximum atomic E-state index is 12.9. The summed E-state index contributed by atoms with van der Waals surface area (Å²) in [6, 6.07) is 15.7. The molecule has 1 N–H and O–H groups in total. The number of aromatic nitrogens is 2. The van der Waals surface area contributed by atoms with E-state index in [1.807, 2.05) is 41.8 Å². The zero-order valence-corrected chi connectivity index (χ0v) is 14.2. The van der Waals surface area contributed by atoms with E-state index in [0.717, 1.165) is 16.6 Å². The lowest BCUT2D eigenvalue weighted by molar-refractivity contribution is -0.137. The fourth-order valence-corrected chi connectivity index (χ4v) is 4.11. The Kier molecular flexibility index (Phi) is 3.89. The number of carbonyl (C=O) groups is 1. The predicted molar refractivity (Wildman–Crippen MR) is 99.4 cm³/mol. The Hall–Kier alpha value is -2.86. The van der Waals surface area contributed by atoms with Gasteiger partial charge in [-0.15, -0.1) is 11.3 Å². The second-order valence-electron chi connectivity index (χ2n) is 5.91. The summed E-state index contributed by atoms with van der Waals surface area (Å²) in [6.45, 7) is 0.641. The van der Waals surface area contributed by atoms with Crippen LogP contribution in [0.4, 0.5) is 0 Å². The molecule has 2 aromatic carbocycles. The Labute approximate surface area is 147 Å². The molecular formula is C19H16N2O3S. The average Bonchev–Trinajstić information content (AvgIpc) is 3.18. The van der Waals surface area contributed by atoms with Gasteiger partial charge >= 0.3 is 11.7 Å². The normalized spacial score (nSPS) is 11.4. The smallest absolute Gasteiger partial charge is 0.329 e. The van der Waals surface area contributed by atoms with Crippen LogP contribution in [0.2, 0.25) is 0 Å².